The van der Waals surface area contributed by atoms with Crippen LogP contribution in [0.3, 0.4) is 0 Å². The van der Waals surface area contributed by atoms with Crippen LogP contribution in [-0.2, 0) is 9.53 Å². The molecule has 6 nitrogen and oxygen atoms in total. The number of rotatable bonds is 4. The Morgan fingerprint density at radius 3 is 2.54 bits per heavy atom. The Bertz CT molecular complexity index is 789. The Morgan fingerprint density at radius 2 is 1.79 bits per heavy atom. The smallest absolute Gasteiger partial charge is 0.338 e. The first-order chi connectivity index (χ1) is 11.5. The number of carbonyl (C=O) groups excluding carboxylic acids is 2. The molecule has 0 saturated heterocycles. The van der Waals surface area contributed by atoms with Gasteiger partial charge in [0, 0.05) is 0 Å². The fourth-order valence-electron chi connectivity index (χ4n) is 2.03. The van der Waals surface area contributed by atoms with E-state index in [4.69, 9.17) is 37.4 Å². The molecular weight excluding hydrogens is 357 g/mol. The quantitative estimate of drug-likeness (QED) is 0.836. The summed E-state index contributed by atoms with van der Waals surface area (Å²) in [5.74, 6) is -0.206. The van der Waals surface area contributed by atoms with Gasteiger partial charge in [-0.1, -0.05) is 29.3 Å². The van der Waals surface area contributed by atoms with Crippen LogP contribution >= 0.6 is 23.2 Å². The Kier molecular flexibility index (Phi) is 4.78. The number of anilines is 1. The second kappa shape index (κ2) is 6.98. The van der Waals surface area contributed by atoms with Gasteiger partial charge in [0.25, 0.3) is 5.91 Å². The van der Waals surface area contributed by atoms with Crippen molar-refractivity contribution >= 4 is 40.8 Å². The normalized spacial score (nSPS) is 11.9. The van der Waals surface area contributed by atoms with Crippen LogP contribution in [0.1, 0.15) is 10.4 Å². The minimum Gasteiger partial charge on any atom is -0.454 e. The Morgan fingerprint density at radius 1 is 1.08 bits per heavy atom. The molecule has 0 fully saturated rings. The zero-order valence-corrected chi connectivity index (χ0v) is 13.7. The summed E-state index contributed by atoms with van der Waals surface area (Å²) in [6.07, 6.45) is 0. The summed E-state index contributed by atoms with van der Waals surface area (Å²) in [5.41, 5.74) is 0.521. The third-order valence-electron chi connectivity index (χ3n) is 3.17. The van der Waals surface area contributed by atoms with E-state index in [0.717, 1.165) is 0 Å². The first kappa shape index (κ1) is 16.4. The lowest BCUT2D eigenvalue weighted by atomic mass is 10.2. The molecular formula is C16H11Cl2NO5. The highest BCUT2D eigenvalue weighted by molar-refractivity contribution is 6.39. The second-order valence-corrected chi connectivity index (χ2v) is 5.60. The number of carbonyl (C=O) groups is 2. The zero-order valence-electron chi connectivity index (χ0n) is 12.2. The molecule has 0 spiro atoms. The SMILES string of the molecule is O=C(COC(=O)c1ccc2c(c1)OCO2)Nc1c(Cl)cccc1Cl. The van der Waals surface area contributed by atoms with E-state index in [0.29, 0.717) is 11.5 Å². The molecule has 0 bridgehead atoms. The highest BCUT2D eigenvalue weighted by atomic mass is 35.5. The molecule has 3 rings (SSSR count). The molecule has 0 saturated carbocycles. The van der Waals surface area contributed by atoms with Crippen molar-refractivity contribution in [3.8, 4) is 11.5 Å². The van der Waals surface area contributed by atoms with E-state index in [1.165, 1.54) is 12.1 Å². The highest BCUT2D eigenvalue weighted by Crippen LogP contribution is 2.32. The standard InChI is InChI=1S/C16H11Cl2NO5/c17-10-2-1-3-11(18)15(10)19-14(20)7-22-16(21)9-4-5-12-13(6-9)24-8-23-12/h1-6H,7-8H2,(H,19,20). The van der Waals surface area contributed by atoms with Gasteiger partial charge >= 0.3 is 5.97 Å². The van der Waals surface area contributed by atoms with E-state index >= 15 is 0 Å². The largest absolute Gasteiger partial charge is 0.454 e. The topological polar surface area (TPSA) is 73.9 Å². The molecule has 8 heteroatoms. The van der Waals surface area contributed by atoms with Crippen LogP contribution in [0.25, 0.3) is 0 Å². The summed E-state index contributed by atoms with van der Waals surface area (Å²) in [4.78, 5) is 23.9. The van der Waals surface area contributed by atoms with Crippen LogP contribution in [-0.4, -0.2) is 25.3 Å². The highest BCUT2D eigenvalue weighted by Gasteiger charge is 2.18. The van der Waals surface area contributed by atoms with Crippen molar-refractivity contribution in [3.05, 3.63) is 52.0 Å². The molecule has 1 heterocycles. The summed E-state index contributed by atoms with van der Waals surface area (Å²) < 4.78 is 15.3. The Labute approximate surface area is 147 Å². The average molecular weight is 368 g/mol. The molecule has 124 valence electrons. The van der Waals surface area contributed by atoms with Crippen LogP contribution in [0, 0.1) is 0 Å². The van der Waals surface area contributed by atoms with Crippen molar-refractivity contribution in [1.29, 1.82) is 0 Å². The van der Waals surface area contributed by atoms with E-state index in [2.05, 4.69) is 5.32 Å². The monoisotopic (exact) mass is 367 g/mol. The fourth-order valence-corrected chi connectivity index (χ4v) is 2.52. The maximum Gasteiger partial charge on any atom is 0.338 e. The number of esters is 1. The van der Waals surface area contributed by atoms with Crippen molar-refractivity contribution in [2.75, 3.05) is 18.7 Å². The van der Waals surface area contributed by atoms with Gasteiger partial charge in [-0.15, -0.1) is 0 Å². The summed E-state index contributed by atoms with van der Waals surface area (Å²) in [6.45, 7) is -0.371. The molecule has 1 N–H and O–H groups in total. The van der Waals surface area contributed by atoms with E-state index < -0.39 is 18.5 Å². The van der Waals surface area contributed by atoms with Crippen molar-refractivity contribution in [2.24, 2.45) is 0 Å². The number of fused-ring (bicyclic) bond motifs is 1. The summed E-state index contributed by atoms with van der Waals surface area (Å²) >= 11 is 11.9. The van der Waals surface area contributed by atoms with Gasteiger partial charge in [0.05, 0.1) is 21.3 Å². The molecule has 2 aromatic rings. The molecule has 24 heavy (non-hydrogen) atoms. The van der Waals surface area contributed by atoms with Crippen LogP contribution in [0.5, 0.6) is 11.5 Å². The first-order valence-corrected chi connectivity index (χ1v) is 7.61. The molecule has 2 aromatic carbocycles. The first-order valence-electron chi connectivity index (χ1n) is 6.85. The summed E-state index contributed by atoms with van der Waals surface area (Å²) in [7, 11) is 0. The van der Waals surface area contributed by atoms with Crippen molar-refractivity contribution < 1.29 is 23.8 Å². The minimum atomic E-state index is -0.659. The van der Waals surface area contributed by atoms with Crippen LogP contribution in [0.2, 0.25) is 10.0 Å². The van der Waals surface area contributed by atoms with E-state index in [9.17, 15) is 9.59 Å². The number of hydrogen-bond donors (Lipinski definition) is 1. The van der Waals surface area contributed by atoms with Gasteiger partial charge < -0.3 is 19.5 Å². The Balaban J connectivity index is 1.59. The number of benzene rings is 2. The van der Waals surface area contributed by atoms with Crippen LogP contribution in [0.15, 0.2) is 36.4 Å². The number of para-hydroxylation sites is 1. The van der Waals surface area contributed by atoms with Crippen molar-refractivity contribution in [3.63, 3.8) is 0 Å². The number of ether oxygens (including phenoxy) is 3. The van der Waals surface area contributed by atoms with E-state index in [1.807, 2.05) is 0 Å². The van der Waals surface area contributed by atoms with Crippen molar-refractivity contribution in [2.45, 2.75) is 0 Å². The van der Waals surface area contributed by atoms with E-state index in [-0.39, 0.29) is 28.1 Å². The van der Waals surface area contributed by atoms with Gasteiger partial charge in [-0.2, -0.15) is 0 Å². The zero-order chi connectivity index (χ0) is 17.1. The number of amides is 1. The van der Waals surface area contributed by atoms with Gasteiger partial charge in [0.15, 0.2) is 18.1 Å². The van der Waals surface area contributed by atoms with Gasteiger partial charge in [0.1, 0.15) is 0 Å². The second-order valence-electron chi connectivity index (χ2n) is 4.79. The lowest BCUT2D eigenvalue weighted by molar-refractivity contribution is -0.119. The maximum atomic E-state index is 12.0. The minimum absolute atomic E-state index is 0.106. The average Bonchev–Trinajstić information content (AvgIpc) is 3.03. The van der Waals surface area contributed by atoms with Gasteiger partial charge in [-0.05, 0) is 30.3 Å². The molecule has 0 aliphatic carbocycles. The molecule has 0 atom stereocenters. The lowest BCUT2D eigenvalue weighted by Crippen LogP contribution is -2.21. The molecule has 0 radical (unpaired) electrons. The Hall–Kier alpha value is -2.44. The molecule has 1 aliphatic rings. The summed E-state index contributed by atoms with van der Waals surface area (Å²) in [5, 5.41) is 3.08. The predicted octanol–water partition coefficient (Wildman–Crippen LogP) is 3.52. The number of hydrogen-bond acceptors (Lipinski definition) is 5. The van der Waals surface area contributed by atoms with Gasteiger partial charge in [-0.25, -0.2) is 4.79 Å². The van der Waals surface area contributed by atoms with Crippen molar-refractivity contribution in [1.82, 2.24) is 0 Å². The number of halogens is 2. The third kappa shape index (κ3) is 3.55. The third-order valence-corrected chi connectivity index (χ3v) is 3.80. The maximum absolute atomic E-state index is 12.0. The van der Waals surface area contributed by atoms with E-state index in [1.54, 1.807) is 24.3 Å². The molecule has 1 aliphatic heterocycles. The van der Waals surface area contributed by atoms with Gasteiger partial charge in [-0.3, -0.25) is 4.79 Å². The number of nitrogens with one attached hydrogen (secondary N) is 1. The lowest BCUT2D eigenvalue weighted by Gasteiger charge is -2.09. The van der Waals surface area contributed by atoms with Crippen LogP contribution in [0.4, 0.5) is 5.69 Å². The van der Waals surface area contributed by atoms with Crippen LogP contribution < -0.4 is 14.8 Å². The summed E-state index contributed by atoms with van der Waals surface area (Å²) in [6, 6.07) is 9.44. The predicted molar refractivity (Wildman–Crippen MR) is 87.9 cm³/mol. The molecule has 1 amide bonds. The molecule has 0 unspecified atom stereocenters. The molecule has 0 aromatic heterocycles. The van der Waals surface area contributed by atoms with Gasteiger partial charge in [0.2, 0.25) is 6.79 Å². The fraction of sp³-hybridized carbons (Fsp3) is 0.125.